The molecule has 1 heterocycles. The molecule has 1 fully saturated rings. The monoisotopic (exact) mass is 278 g/mol. The van der Waals surface area contributed by atoms with Crippen LogP contribution >= 0.6 is 0 Å². The Labute approximate surface area is 111 Å². The van der Waals surface area contributed by atoms with E-state index >= 15 is 0 Å². The van der Waals surface area contributed by atoms with Gasteiger partial charge in [0, 0.05) is 0 Å². The third-order valence-electron chi connectivity index (χ3n) is 3.80. The van der Waals surface area contributed by atoms with E-state index in [2.05, 4.69) is 30.5 Å². The number of nitrogens with zero attached hydrogens (tertiary/aromatic N) is 2. The zero-order chi connectivity index (χ0) is 13.4. The summed E-state index contributed by atoms with van der Waals surface area (Å²) in [6, 6.07) is 2.57. The molecule has 0 unspecified atom stereocenters. The molecule has 0 aromatic heterocycles. The zero-order valence-corrected chi connectivity index (χ0v) is 13.7. The molecule has 5 heteroatoms. The van der Waals surface area contributed by atoms with Crippen LogP contribution in [-0.4, -0.2) is 32.3 Å². The van der Waals surface area contributed by atoms with Crippen LogP contribution in [0.2, 0.25) is 38.3 Å². The van der Waals surface area contributed by atoms with Gasteiger partial charge in [0.1, 0.15) is 5.71 Å². The average Bonchev–Trinajstić information content (AvgIpc) is 2.25. The number of carbonyl (C=O) groups excluding carboxylic acids is 1. The molecule has 2 aliphatic rings. The molecule has 0 radical (unpaired) electrons. The van der Waals surface area contributed by atoms with Crippen molar-refractivity contribution in [3.63, 3.8) is 0 Å². The molecule has 1 aliphatic carbocycles. The van der Waals surface area contributed by atoms with Crippen LogP contribution in [0.1, 0.15) is 6.42 Å². The average molecular weight is 279 g/mol. The van der Waals surface area contributed by atoms with Crippen molar-refractivity contribution in [1.29, 1.82) is 0 Å². The van der Waals surface area contributed by atoms with E-state index in [-0.39, 0.29) is 5.78 Å². The normalized spacial score (nSPS) is 27.9. The Balaban J connectivity index is 2.35. The number of hydrazone groups is 1. The van der Waals surface area contributed by atoms with Gasteiger partial charge in [-0.1, -0.05) is 44.8 Å². The van der Waals surface area contributed by atoms with Gasteiger partial charge in [-0.25, -0.2) is 0 Å². The molecule has 1 saturated heterocycles. The van der Waals surface area contributed by atoms with Crippen molar-refractivity contribution in [3.05, 3.63) is 24.3 Å². The summed E-state index contributed by atoms with van der Waals surface area (Å²) in [6.07, 6.45) is 8.46. The first-order valence-corrected chi connectivity index (χ1v) is 12.9. The largest absolute Gasteiger partial charge is 0.349 e. The van der Waals surface area contributed by atoms with Gasteiger partial charge in [-0.2, -0.15) is 5.10 Å². The summed E-state index contributed by atoms with van der Waals surface area (Å²) in [6.45, 7) is 9.49. The lowest BCUT2D eigenvalue weighted by atomic mass is 10.1. The Hall–Kier alpha value is -0.946. The Morgan fingerprint density at radius 1 is 1.06 bits per heavy atom. The first-order valence-electron chi connectivity index (χ1n) is 6.61. The molecule has 0 atom stereocenters. The molecule has 3 nitrogen and oxygen atoms in total. The second kappa shape index (κ2) is 4.62. The fraction of sp³-hybridized carbons (Fsp3) is 0.538. The first-order chi connectivity index (χ1) is 8.33. The molecule has 0 spiro atoms. The van der Waals surface area contributed by atoms with Crippen LogP contribution < -0.4 is 0 Å². The smallest absolute Gasteiger partial charge is 0.205 e. The van der Waals surface area contributed by atoms with Gasteiger partial charge in [0.05, 0.1) is 0 Å². The molecular formula is C13H22N2OSi2. The fourth-order valence-electron chi connectivity index (χ4n) is 2.90. The van der Waals surface area contributed by atoms with Gasteiger partial charge < -0.3 is 4.34 Å². The number of carbonyl (C=O) groups is 1. The van der Waals surface area contributed by atoms with E-state index < -0.39 is 16.5 Å². The van der Waals surface area contributed by atoms with Gasteiger partial charge in [0.25, 0.3) is 0 Å². The maximum absolute atomic E-state index is 11.8. The summed E-state index contributed by atoms with van der Waals surface area (Å²) in [4.78, 5) is 11.8. The van der Waals surface area contributed by atoms with E-state index in [4.69, 9.17) is 5.10 Å². The summed E-state index contributed by atoms with van der Waals surface area (Å²) in [5.74, 6) is 0.0395. The van der Waals surface area contributed by atoms with Crippen molar-refractivity contribution in [2.24, 2.45) is 5.10 Å². The van der Waals surface area contributed by atoms with E-state index in [9.17, 15) is 4.79 Å². The number of hydrogen-bond donors (Lipinski definition) is 0. The number of ketones is 1. The van der Waals surface area contributed by atoms with Crippen LogP contribution in [0.25, 0.3) is 0 Å². The molecule has 0 aromatic rings. The Morgan fingerprint density at radius 2 is 1.61 bits per heavy atom. The lowest BCUT2D eigenvalue weighted by Crippen LogP contribution is -2.62. The molecular weight excluding hydrogens is 256 g/mol. The Kier molecular flexibility index (Phi) is 3.46. The number of allylic oxidation sites excluding steroid dienone is 4. The van der Waals surface area contributed by atoms with Crippen molar-refractivity contribution in [2.45, 2.75) is 44.7 Å². The van der Waals surface area contributed by atoms with Crippen LogP contribution in [0.4, 0.5) is 0 Å². The molecule has 0 aromatic carbocycles. The molecule has 18 heavy (non-hydrogen) atoms. The highest BCUT2D eigenvalue weighted by molar-refractivity contribution is 6.91. The highest BCUT2D eigenvalue weighted by Gasteiger charge is 2.44. The SMILES string of the molecule is C[Si]1(C)CCC[Si](C)(C)N1N=C1C=CC=CC1=O. The summed E-state index contributed by atoms with van der Waals surface area (Å²) >= 11 is 0. The van der Waals surface area contributed by atoms with E-state index in [1.807, 2.05) is 12.2 Å². The standard InChI is InChI=1S/C13H22N2OSi2/c1-17(2)10-7-11-18(3,4)15(17)14-12-8-5-6-9-13(12)16/h5-6,8-9H,7,10-11H2,1-4H3. The first kappa shape index (κ1) is 13.5. The molecule has 1 aliphatic heterocycles. The molecule has 0 N–H and O–H groups in total. The minimum absolute atomic E-state index is 0.0395. The summed E-state index contributed by atoms with van der Waals surface area (Å²) < 4.78 is 2.40. The van der Waals surface area contributed by atoms with Gasteiger partial charge in [-0.05, 0) is 24.2 Å². The molecule has 98 valence electrons. The zero-order valence-electron chi connectivity index (χ0n) is 11.7. The fourth-order valence-corrected chi connectivity index (χ4v) is 13.7. The van der Waals surface area contributed by atoms with Crippen molar-refractivity contribution < 1.29 is 4.79 Å². The van der Waals surface area contributed by atoms with Crippen LogP contribution in [0.15, 0.2) is 29.4 Å². The maximum atomic E-state index is 11.8. The lowest BCUT2D eigenvalue weighted by molar-refractivity contribution is -0.108. The predicted molar refractivity (Wildman–Crippen MR) is 81.8 cm³/mol. The van der Waals surface area contributed by atoms with Crippen molar-refractivity contribution in [1.82, 2.24) is 4.34 Å². The van der Waals surface area contributed by atoms with Crippen molar-refractivity contribution >= 4 is 28.0 Å². The van der Waals surface area contributed by atoms with Crippen LogP contribution in [0.5, 0.6) is 0 Å². The quantitative estimate of drug-likeness (QED) is 0.545. The molecule has 2 rings (SSSR count). The topological polar surface area (TPSA) is 32.7 Å². The Morgan fingerprint density at radius 3 is 2.17 bits per heavy atom. The maximum Gasteiger partial charge on any atom is 0.205 e. The molecule has 0 saturated carbocycles. The molecule has 0 amide bonds. The third-order valence-corrected chi connectivity index (χ3v) is 13.1. The van der Waals surface area contributed by atoms with Gasteiger partial charge in [0.15, 0.2) is 16.5 Å². The lowest BCUT2D eigenvalue weighted by Gasteiger charge is -2.49. The van der Waals surface area contributed by atoms with E-state index in [0.717, 1.165) is 0 Å². The van der Waals surface area contributed by atoms with Gasteiger partial charge in [-0.15, -0.1) is 0 Å². The number of hydrogen-bond acceptors (Lipinski definition) is 3. The van der Waals surface area contributed by atoms with Gasteiger partial charge >= 0.3 is 0 Å². The Bertz CT molecular complexity index is 434. The number of rotatable bonds is 1. The highest BCUT2D eigenvalue weighted by atomic mass is 28.4. The van der Waals surface area contributed by atoms with E-state index in [0.29, 0.717) is 5.71 Å². The second-order valence-corrected chi connectivity index (χ2v) is 15.9. The summed E-state index contributed by atoms with van der Waals surface area (Å²) in [7, 11) is -2.94. The molecule has 0 bridgehead atoms. The van der Waals surface area contributed by atoms with Gasteiger partial charge in [-0.3, -0.25) is 4.79 Å². The second-order valence-electron chi connectivity index (χ2n) is 6.36. The minimum atomic E-state index is -1.47. The predicted octanol–water partition coefficient (Wildman–Crippen LogP) is 3.15. The minimum Gasteiger partial charge on any atom is -0.349 e. The summed E-state index contributed by atoms with van der Waals surface area (Å²) in [5.41, 5.74) is 0.612. The summed E-state index contributed by atoms with van der Waals surface area (Å²) in [5, 5.41) is 4.77. The van der Waals surface area contributed by atoms with Crippen molar-refractivity contribution in [2.75, 3.05) is 0 Å². The van der Waals surface area contributed by atoms with E-state index in [1.165, 1.54) is 18.5 Å². The highest BCUT2D eigenvalue weighted by Crippen LogP contribution is 2.35. The van der Waals surface area contributed by atoms with Crippen LogP contribution in [0, 0.1) is 0 Å². The van der Waals surface area contributed by atoms with E-state index in [1.54, 1.807) is 12.2 Å². The van der Waals surface area contributed by atoms with Crippen LogP contribution in [-0.2, 0) is 4.79 Å². The van der Waals surface area contributed by atoms with Gasteiger partial charge in [0.2, 0.25) is 5.78 Å². The van der Waals surface area contributed by atoms with Crippen molar-refractivity contribution in [3.8, 4) is 0 Å². The van der Waals surface area contributed by atoms with Crippen LogP contribution in [0.3, 0.4) is 0 Å². The third kappa shape index (κ3) is 2.56.